The second kappa shape index (κ2) is 12.4. The fraction of sp³-hybridized carbons (Fsp3) is 0.156. The van der Waals surface area contributed by atoms with Gasteiger partial charge in [0.25, 0.3) is 5.91 Å². The fourth-order valence-electron chi connectivity index (χ4n) is 4.79. The van der Waals surface area contributed by atoms with Gasteiger partial charge in [0.2, 0.25) is 0 Å². The number of fused-ring (bicyclic) bond motifs is 1. The smallest absolute Gasteiger partial charge is 0.335 e. The Hall–Kier alpha value is -5.35. The zero-order chi connectivity index (χ0) is 29.6. The number of hydrogen-bond donors (Lipinski definition) is 4. The van der Waals surface area contributed by atoms with Gasteiger partial charge < -0.3 is 20.6 Å². The number of aromatic nitrogens is 3. The van der Waals surface area contributed by atoms with Crippen LogP contribution in [0, 0.1) is 0 Å². The first-order valence-electron chi connectivity index (χ1n) is 13.3. The summed E-state index contributed by atoms with van der Waals surface area (Å²) in [6.07, 6.45) is -1.49. The summed E-state index contributed by atoms with van der Waals surface area (Å²) in [5, 5.41) is 39.8. The van der Waals surface area contributed by atoms with Crippen molar-refractivity contribution >= 4 is 28.9 Å². The molecule has 42 heavy (non-hydrogen) atoms. The number of carbonyl (C=O) groups excluding carboxylic acids is 1. The molecule has 0 fully saturated rings. The first-order chi connectivity index (χ1) is 20.3. The zero-order valence-corrected chi connectivity index (χ0v) is 22.4. The van der Waals surface area contributed by atoms with Crippen LogP contribution in [0.1, 0.15) is 38.3 Å². The maximum atomic E-state index is 13.2. The fourth-order valence-corrected chi connectivity index (χ4v) is 4.79. The number of carbonyl (C=O) groups is 3. The topological polar surface area (TPSA) is 155 Å². The van der Waals surface area contributed by atoms with Crippen LogP contribution in [0.2, 0.25) is 0 Å². The molecule has 0 aliphatic rings. The average molecular weight is 565 g/mol. The molecule has 0 radical (unpaired) electrons. The molecule has 1 unspecified atom stereocenters. The summed E-state index contributed by atoms with van der Waals surface area (Å²) in [5.74, 6) is -2.82. The van der Waals surface area contributed by atoms with Crippen molar-refractivity contribution in [2.75, 3.05) is 0 Å². The third-order valence-electron chi connectivity index (χ3n) is 6.95. The van der Waals surface area contributed by atoms with Crippen molar-refractivity contribution in [1.82, 2.24) is 20.3 Å². The van der Waals surface area contributed by atoms with Crippen LogP contribution in [0.4, 0.5) is 0 Å². The van der Waals surface area contributed by atoms with Crippen molar-refractivity contribution in [3.8, 4) is 11.1 Å². The third kappa shape index (κ3) is 6.68. The molecule has 0 saturated heterocycles. The van der Waals surface area contributed by atoms with Crippen molar-refractivity contribution in [3.63, 3.8) is 0 Å². The quantitative estimate of drug-likeness (QED) is 0.188. The Kier molecular flexibility index (Phi) is 8.35. The van der Waals surface area contributed by atoms with Crippen molar-refractivity contribution in [3.05, 3.63) is 119 Å². The Morgan fingerprint density at radius 3 is 2.24 bits per heavy atom. The lowest BCUT2D eigenvalue weighted by Crippen LogP contribution is -2.40. The molecule has 1 amide bonds. The van der Waals surface area contributed by atoms with Gasteiger partial charge in [-0.25, -0.2) is 14.3 Å². The van der Waals surface area contributed by atoms with Crippen LogP contribution in [-0.2, 0) is 17.8 Å². The van der Waals surface area contributed by atoms with E-state index in [1.165, 1.54) is 6.07 Å². The summed E-state index contributed by atoms with van der Waals surface area (Å²) in [7, 11) is 0. The third-order valence-corrected chi connectivity index (χ3v) is 6.95. The molecule has 0 saturated carbocycles. The number of aliphatic hydroxyl groups is 1. The lowest BCUT2D eigenvalue weighted by molar-refractivity contribution is -0.147. The molecular formula is C32H28N4O6. The van der Waals surface area contributed by atoms with Gasteiger partial charge in [-0.05, 0) is 59.0 Å². The zero-order valence-electron chi connectivity index (χ0n) is 22.4. The predicted octanol–water partition coefficient (Wildman–Crippen LogP) is 4.02. The number of carboxylic acids is 2. The van der Waals surface area contributed by atoms with E-state index in [2.05, 4.69) is 15.6 Å². The van der Waals surface area contributed by atoms with Crippen LogP contribution in [0.5, 0.6) is 0 Å². The highest BCUT2D eigenvalue weighted by molar-refractivity contribution is 5.97. The molecule has 4 aromatic carbocycles. The summed E-state index contributed by atoms with van der Waals surface area (Å²) in [6.45, 7) is 0.293. The van der Waals surface area contributed by atoms with Crippen LogP contribution in [0.15, 0.2) is 97.1 Å². The van der Waals surface area contributed by atoms with Gasteiger partial charge in [-0.3, -0.25) is 4.79 Å². The van der Waals surface area contributed by atoms with Gasteiger partial charge >= 0.3 is 11.9 Å². The molecule has 2 atom stereocenters. The Morgan fingerprint density at radius 1 is 0.786 bits per heavy atom. The molecule has 10 heteroatoms. The molecule has 0 aliphatic heterocycles. The van der Waals surface area contributed by atoms with Crippen molar-refractivity contribution in [1.29, 1.82) is 0 Å². The van der Waals surface area contributed by atoms with Crippen molar-refractivity contribution in [2.45, 2.75) is 31.5 Å². The van der Waals surface area contributed by atoms with Crippen molar-refractivity contribution < 1.29 is 29.7 Å². The first-order valence-corrected chi connectivity index (χ1v) is 13.3. The Balaban J connectivity index is 1.31. The molecule has 1 aromatic heterocycles. The maximum Gasteiger partial charge on any atom is 0.335 e. The van der Waals surface area contributed by atoms with Gasteiger partial charge in [-0.2, -0.15) is 0 Å². The first kappa shape index (κ1) is 28.2. The van der Waals surface area contributed by atoms with E-state index in [1.54, 1.807) is 41.1 Å². The summed E-state index contributed by atoms with van der Waals surface area (Å²) in [5.41, 5.74) is 5.31. The highest BCUT2D eigenvalue weighted by atomic mass is 16.4. The Labute approximate surface area is 240 Å². The molecule has 1 heterocycles. The van der Waals surface area contributed by atoms with E-state index in [9.17, 15) is 29.7 Å². The van der Waals surface area contributed by atoms with Gasteiger partial charge in [0.1, 0.15) is 5.52 Å². The van der Waals surface area contributed by atoms with E-state index >= 15 is 0 Å². The number of carboxylic acid groups (broad SMARTS) is 2. The second-order valence-corrected chi connectivity index (χ2v) is 9.98. The highest BCUT2D eigenvalue weighted by Crippen LogP contribution is 2.21. The number of rotatable bonds is 11. The van der Waals surface area contributed by atoms with Crippen LogP contribution < -0.4 is 5.32 Å². The van der Waals surface area contributed by atoms with Crippen LogP contribution in [-0.4, -0.2) is 60.3 Å². The number of aromatic carboxylic acids is 1. The predicted molar refractivity (Wildman–Crippen MR) is 155 cm³/mol. The van der Waals surface area contributed by atoms with E-state index in [1.807, 2.05) is 54.6 Å². The molecule has 212 valence electrons. The molecule has 0 aliphatic carbocycles. The van der Waals surface area contributed by atoms with Gasteiger partial charge in [-0.15, -0.1) is 5.10 Å². The van der Waals surface area contributed by atoms with E-state index in [0.29, 0.717) is 29.6 Å². The maximum absolute atomic E-state index is 13.2. The standard InChI is InChI=1S/C32H28N4O6/c37-29(32(41)42)18-26(16-20-9-11-23(12-10-20)22-6-2-1-3-7-22)33-30(38)24-13-14-28-27(17-24)34-35-36(28)19-21-5-4-8-25(15-21)31(39)40/h1-15,17,26,29,37H,16,18-19H2,(H,33,38)(H,39,40)(H,41,42)/t26-,29?/m1/s1. The molecule has 5 aromatic rings. The van der Waals surface area contributed by atoms with Crippen LogP contribution >= 0.6 is 0 Å². The summed E-state index contributed by atoms with van der Waals surface area (Å²) in [4.78, 5) is 35.9. The minimum absolute atomic E-state index is 0.171. The van der Waals surface area contributed by atoms with E-state index in [4.69, 9.17) is 0 Å². The van der Waals surface area contributed by atoms with Gasteiger partial charge in [0.15, 0.2) is 6.10 Å². The minimum Gasteiger partial charge on any atom is -0.479 e. The summed E-state index contributed by atoms with van der Waals surface area (Å²) in [6, 6.07) is 28.4. The average Bonchev–Trinajstić information content (AvgIpc) is 3.39. The second-order valence-electron chi connectivity index (χ2n) is 9.98. The number of amides is 1. The number of aliphatic hydroxyl groups excluding tert-OH is 1. The summed E-state index contributed by atoms with van der Waals surface area (Å²) >= 11 is 0. The highest BCUT2D eigenvalue weighted by Gasteiger charge is 2.23. The molecule has 0 spiro atoms. The lowest BCUT2D eigenvalue weighted by atomic mass is 9.97. The lowest BCUT2D eigenvalue weighted by Gasteiger charge is -2.21. The SMILES string of the molecule is O=C(O)c1cccc(Cn2nnc3cc(C(=O)N[C@H](Cc4ccc(-c5ccccc5)cc4)CC(O)C(=O)O)ccc32)c1. The largest absolute Gasteiger partial charge is 0.479 e. The van der Waals surface area contributed by atoms with Crippen molar-refractivity contribution in [2.24, 2.45) is 0 Å². The van der Waals surface area contributed by atoms with E-state index < -0.39 is 30.0 Å². The molecule has 10 nitrogen and oxygen atoms in total. The monoisotopic (exact) mass is 564 g/mol. The molecule has 0 bridgehead atoms. The normalized spacial score (nSPS) is 12.5. The number of benzene rings is 4. The molecule has 4 N–H and O–H groups in total. The van der Waals surface area contributed by atoms with E-state index in [-0.39, 0.29) is 12.0 Å². The van der Waals surface area contributed by atoms with Gasteiger partial charge in [0.05, 0.1) is 17.6 Å². The number of nitrogens with zero attached hydrogens (tertiary/aromatic N) is 3. The number of hydrogen-bond acceptors (Lipinski definition) is 6. The van der Waals surface area contributed by atoms with Crippen LogP contribution in [0.3, 0.4) is 0 Å². The summed E-state index contributed by atoms with van der Waals surface area (Å²) < 4.78 is 1.61. The Morgan fingerprint density at radius 2 is 1.52 bits per heavy atom. The molecule has 5 rings (SSSR count). The van der Waals surface area contributed by atoms with Gasteiger partial charge in [0, 0.05) is 18.0 Å². The van der Waals surface area contributed by atoms with Crippen LogP contribution in [0.25, 0.3) is 22.2 Å². The minimum atomic E-state index is -1.64. The van der Waals surface area contributed by atoms with E-state index in [0.717, 1.165) is 22.3 Å². The number of nitrogens with one attached hydrogen (secondary N) is 1. The Bertz CT molecular complexity index is 1730. The molecular weight excluding hydrogens is 536 g/mol. The van der Waals surface area contributed by atoms with Gasteiger partial charge in [-0.1, -0.05) is 71.9 Å². The number of aliphatic carboxylic acids is 1.